The first-order valence-electron chi connectivity index (χ1n) is 6.47. The van der Waals surface area contributed by atoms with Crippen LogP contribution in [0, 0.1) is 0 Å². The van der Waals surface area contributed by atoms with E-state index in [0.29, 0.717) is 5.69 Å². The molecule has 1 aliphatic rings. The Balaban J connectivity index is 2.02. The quantitative estimate of drug-likeness (QED) is 0.792. The van der Waals surface area contributed by atoms with E-state index in [4.69, 9.17) is 5.11 Å². The third-order valence-corrected chi connectivity index (χ3v) is 3.20. The van der Waals surface area contributed by atoms with Crippen LogP contribution in [-0.4, -0.2) is 35.0 Å². The van der Waals surface area contributed by atoms with Crippen LogP contribution >= 0.6 is 0 Å². The summed E-state index contributed by atoms with van der Waals surface area (Å²) in [7, 11) is 0. The third-order valence-electron chi connectivity index (χ3n) is 3.20. The van der Waals surface area contributed by atoms with Crippen LogP contribution in [0.3, 0.4) is 0 Å². The lowest BCUT2D eigenvalue weighted by Crippen LogP contribution is -2.21. The summed E-state index contributed by atoms with van der Waals surface area (Å²) in [5.41, 5.74) is 1.74. The van der Waals surface area contributed by atoms with Crippen molar-refractivity contribution in [3.05, 3.63) is 29.8 Å². The van der Waals surface area contributed by atoms with Crippen molar-refractivity contribution in [2.75, 3.05) is 18.4 Å². The first-order chi connectivity index (χ1) is 9.15. The predicted octanol–water partition coefficient (Wildman–Crippen LogP) is 1.70. The van der Waals surface area contributed by atoms with E-state index in [1.807, 2.05) is 24.3 Å². The molecule has 1 fully saturated rings. The van der Waals surface area contributed by atoms with Crippen molar-refractivity contribution < 1.29 is 14.7 Å². The van der Waals surface area contributed by atoms with Crippen LogP contribution in [0.2, 0.25) is 0 Å². The summed E-state index contributed by atoms with van der Waals surface area (Å²) in [6.07, 6.45) is 1.93. The molecule has 2 rings (SSSR count). The molecule has 0 unspecified atom stereocenters. The highest BCUT2D eigenvalue weighted by Crippen LogP contribution is 2.20. The molecule has 1 aliphatic heterocycles. The lowest BCUT2D eigenvalue weighted by atomic mass is 10.1. The Hall–Kier alpha value is -1.88. The number of carbonyl (C=O) groups is 2. The predicted molar refractivity (Wildman–Crippen MR) is 71.8 cm³/mol. The molecule has 1 heterocycles. The fraction of sp³-hybridized carbons (Fsp3) is 0.429. The molecule has 5 nitrogen and oxygen atoms in total. The second-order valence-corrected chi connectivity index (χ2v) is 4.76. The molecule has 1 amide bonds. The molecule has 0 aromatic heterocycles. The van der Waals surface area contributed by atoms with Crippen molar-refractivity contribution in [2.24, 2.45) is 0 Å². The van der Waals surface area contributed by atoms with Gasteiger partial charge in [0.2, 0.25) is 5.91 Å². The summed E-state index contributed by atoms with van der Waals surface area (Å²) in [5.74, 6) is -1.60. The Labute approximate surface area is 112 Å². The lowest BCUT2D eigenvalue weighted by molar-refractivity contribution is -0.139. The van der Waals surface area contributed by atoms with Crippen LogP contribution in [0.5, 0.6) is 0 Å². The standard InChI is InChI=1S/C14H18N2O3/c17-13(9-14(18)19)15-12-6-2-1-5-11(12)10-16-7-3-4-8-16/h1-2,5-6H,3-4,7-10H2,(H,15,17)(H,18,19). The minimum absolute atomic E-state index is 0.485. The largest absolute Gasteiger partial charge is 0.481 e. The maximum Gasteiger partial charge on any atom is 0.312 e. The van der Waals surface area contributed by atoms with Crippen LogP contribution in [-0.2, 0) is 16.1 Å². The number of benzene rings is 1. The number of amides is 1. The molecule has 0 saturated carbocycles. The molecule has 0 atom stereocenters. The van der Waals surface area contributed by atoms with E-state index >= 15 is 0 Å². The molecule has 0 radical (unpaired) electrons. The summed E-state index contributed by atoms with van der Waals surface area (Å²) in [4.78, 5) is 24.3. The van der Waals surface area contributed by atoms with Crippen LogP contribution in [0.1, 0.15) is 24.8 Å². The average Bonchev–Trinajstić information content (AvgIpc) is 2.83. The third kappa shape index (κ3) is 4.06. The van der Waals surface area contributed by atoms with Crippen molar-refractivity contribution in [2.45, 2.75) is 25.8 Å². The Morgan fingerprint density at radius 3 is 2.58 bits per heavy atom. The zero-order valence-corrected chi connectivity index (χ0v) is 10.8. The molecule has 1 aromatic rings. The summed E-state index contributed by atoms with van der Waals surface area (Å²) in [5, 5.41) is 11.3. The molecule has 0 bridgehead atoms. The zero-order valence-electron chi connectivity index (χ0n) is 10.8. The van der Waals surface area contributed by atoms with E-state index in [1.54, 1.807) is 0 Å². The minimum Gasteiger partial charge on any atom is -0.481 e. The molecule has 1 aromatic carbocycles. The van der Waals surface area contributed by atoms with Crippen molar-refractivity contribution in [3.63, 3.8) is 0 Å². The number of aliphatic carboxylic acids is 1. The number of likely N-dealkylation sites (tertiary alicyclic amines) is 1. The van der Waals surface area contributed by atoms with Crippen LogP contribution < -0.4 is 5.32 Å². The number of carboxylic acids is 1. The summed E-state index contributed by atoms with van der Waals surface area (Å²) in [6.45, 7) is 2.96. The van der Waals surface area contributed by atoms with Crippen molar-refractivity contribution in [1.82, 2.24) is 4.90 Å². The normalized spacial score (nSPS) is 15.4. The smallest absolute Gasteiger partial charge is 0.312 e. The summed E-state index contributed by atoms with van der Waals surface area (Å²) >= 11 is 0. The molecule has 19 heavy (non-hydrogen) atoms. The number of nitrogens with one attached hydrogen (secondary N) is 1. The highest BCUT2D eigenvalue weighted by molar-refractivity contribution is 6.01. The molecule has 0 aliphatic carbocycles. The maximum atomic E-state index is 11.5. The van der Waals surface area contributed by atoms with Crippen LogP contribution in [0.15, 0.2) is 24.3 Å². The molecule has 102 valence electrons. The van der Waals surface area contributed by atoms with Gasteiger partial charge in [-0.1, -0.05) is 18.2 Å². The monoisotopic (exact) mass is 262 g/mol. The fourth-order valence-electron chi connectivity index (χ4n) is 2.29. The highest BCUT2D eigenvalue weighted by atomic mass is 16.4. The van der Waals surface area contributed by atoms with E-state index < -0.39 is 18.3 Å². The van der Waals surface area contributed by atoms with Gasteiger partial charge in [0.15, 0.2) is 0 Å². The molecule has 2 N–H and O–H groups in total. The number of carbonyl (C=O) groups excluding carboxylic acids is 1. The van der Waals surface area contributed by atoms with Gasteiger partial charge in [-0.2, -0.15) is 0 Å². The van der Waals surface area contributed by atoms with Gasteiger partial charge in [-0.15, -0.1) is 0 Å². The van der Waals surface area contributed by atoms with Crippen molar-refractivity contribution in [1.29, 1.82) is 0 Å². The Morgan fingerprint density at radius 2 is 1.89 bits per heavy atom. The first kappa shape index (κ1) is 13.5. The second-order valence-electron chi connectivity index (χ2n) is 4.76. The van der Waals surface area contributed by atoms with Crippen LogP contribution in [0.4, 0.5) is 5.69 Å². The van der Waals surface area contributed by atoms with Gasteiger partial charge in [0.25, 0.3) is 0 Å². The average molecular weight is 262 g/mol. The number of hydrogen-bond donors (Lipinski definition) is 2. The van der Waals surface area contributed by atoms with Crippen molar-refractivity contribution >= 4 is 17.6 Å². The van der Waals surface area contributed by atoms with Gasteiger partial charge >= 0.3 is 5.97 Å². The van der Waals surface area contributed by atoms with Gasteiger partial charge < -0.3 is 10.4 Å². The first-order valence-corrected chi connectivity index (χ1v) is 6.47. The van der Waals surface area contributed by atoms with E-state index in [2.05, 4.69) is 10.2 Å². The SMILES string of the molecule is O=C(O)CC(=O)Nc1ccccc1CN1CCCC1. The second kappa shape index (κ2) is 6.33. The van der Waals surface area contributed by atoms with E-state index in [9.17, 15) is 9.59 Å². The molecular weight excluding hydrogens is 244 g/mol. The molecule has 1 saturated heterocycles. The Bertz CT molecular complexity index is 468. The van der Waals surface area contributed by atoms with Gasteiger partial charge in [0.05, 0.1) is 0 Å². The van der Waals surface area contributed by atoms with E-state index in [1.165, 1.54) is 12.8 Å². The molecular formula is C14H18N2O3. The molecule has 0 spiro atoms. The number of hydrogen-bond acceptors (Lipinski definition) is 3. The Morgan fingerprint density at radius 1 is 1.21 bits per heavy atom. The highest BCUT2D eigenvalue weighted by Gasteiger charge is 2.15. The van der Waals surface area contributed by atoms with Gasteiger partial charge in [0.1, 0.15) is 6.42 Å². The number of anilines is 1. The van der Waals surface area contributed by atoms with E-state index in [0.717, 1.165) is 25.2 Å². The molecule has 5 heteroatoms. The lowest BCUT2D eigenvalue weighted by Gasteiger charge is -2.17. The van der Waals surface area contributed by atoms with Gasteiger partial charge in [-0.3, -0.25) is 14.5 Å². The van der Waals surface area contributed by atoms with Gasteiger partial charge in [-0.05, 0) is 37.6 Å². The zero-order chi connectivity index (χ0) is 13.7. The maximum absolute atomic E-state index is 11.5. The minimum atomic E-state index is -1.12. The topological polar surface area (TPSA) is 69.6 Å². The number of nitrogens with zero attached hydrogens (tertiary/aromatic N) is 1. The van der Waals surface area contributed by atoms with Gasteiger partial charge in [-0.25, -0.2) is 0 Å². The number of carboxylic acid groups (broad SMARTS) is 1. The number of rotatable bonds is 5. The van der Waals surface area contributed by atoms with Crippen molar-refractivity contribution in [3.8, 4) is 0 Å². The van der Waals surface area contributed by atoms with Crippen LogP contribution in [0.25, 0.3) is 0 Å². The van der Waals surface area contributed by atoms with Gasteiger partial charge in [0, 0.05) is 12.2 Å². The van der Waals surface area contributed by atoms with E-state index in [-0.39, 0.29) is 0 Å². The number of para-hydroxylation sites is 1. The fourth-order valence-corrected chi connectivity index (χ4v) is 2.29. The summed E-state index contributed by atoms with van der Waals surface area (Å²) < 4.78 is 0. The summed E-state index contributed by atoms with van der Waals surface area (Å²) in [6, 6.07) is 7.54. The Kier molecular flexibility index (Phi) is 4.52.